The number of hydrogen-bond acceptors (Lipinski definition) is 8. The Morgan fingerprint density at radius 2 is 1.89 bits per heavy atom. The second kappa shape index (κ2) is 11.0. The summed E-state index contributed by atoms with van der Waals surface area (Å²) < 4.78 is 37.9. The molecule has 3 saturated heterocycles. The largest absolute Gasteiger partial charge is 0.508 e. The summed E-state index contributed by atoms with van der Waals surface area (Å²) in [5.74, 6) is 0.410. The maximum Gasteiger partial charge on any atom is 0.319 e. The zero-order valence-electron chi connectivity index (χ0n) is 27.1. The number of halogens is 2. The predicted octanol–water partition coefficient (Wildman–Crippen LogP) is 6.05. The maximum absolute atomic E-state index is 15.2. The van der Waals surface area contributed by atoms with Crippen molar-refractivity contribution in [1.82, 2.24) is 24.6 Å². The third-order valence-corrected chi connectivity index (χ3v) is 10.5. The molecule has 0 bridgehead atoms. The molecule has 3 atom stereocenters. The van der Waals surface area contributed by atoms with Crippen LogP contribution >= 0.6 is 0 Å². The van der Waals surface area contributed by atoms with Crippen molar-refractivity contribution in [3.05, 3.63) is 47.9 Å². The van der Waals surface area contributed by atoms with Gasteiger partial charge in [-0.25, -0.2) is 8.78 Å². The van der Waals surface area contributed by atoms with Crippen molar-refractivity contribution < 1.29 is 23.7 Å². The number of phenols is 1. The molecular formula is C36H40F2N6O3. The van der Waals surface area contributed by atoms with Crippen molar-refractivity contribution in [3.63, 3.8) is 0 Å². The summed E-state index contributed by atoms with van der Waals surface area (Å²) in [6, 6.07) is 8.57. The van der Waals surface area contributed by atoms with Gasteiger partial charge < -0.3 is 19.8 Å². The number of β-amino-alcohol motifs (C(OH)–C–C–N with tert-alkyl or cyclic N) is 1. The molecule has 0 saturated carbocycles. The molecule has 0 radical (unpaired) electrons. The number of fused-ring (bicyclic) bond motifs is 5. The average molecular weight is 643 g/mol. The molecule has 0 amide bonds. The normalized spacial score (nSPS) is 25.0. The standard InChI is InChI=1S/C36H40F2N6O3/c1-4-24-28(38)8-7-21-13-23(45)14-25(30(21)24)26-15-29-31(27-18-42(3)41-32(26)27)33(43-11-5-9-35(2,46)19-43)40-34(39-29)47-20-36-10-6-12-44(36)17-22(37)16-36/h7-8,13-15,18,22,45-46H,4-6,9-12,16-17,19-20H2,1-3H3/t22-,35-,36+/m1/s1. The molecule has 2 aromatic heterocycles. The molecular weight excluding hydrogens is 602 g/mol. The van der Waals surface area contributed by atoms with Crippen molar-refractivity contribution in [2.45, 2.75) is 69.7 Å². The number of ether oxygens (including phenoxy) is 1. The SMILES string of the molecule is CCc1c(F)ccc2cc(O)cc(-c3cc4nc(OC[C@@]56CCCN5C[C@H](F)C6)nc(N5CCC[C@@](C)(O)C5)c4c4cn(C)nc34)c12. The first-order valence-electron chi connectivity index (χ1n) is 16.7. The van der Waals surface area contributed by atoms with Crippen LogP contribution in [0, 0.1) is 5.82 Å². The number of benzene rings is 3. The van der Waals surface area contributed by atoms with Gasteiger partial charge in [0.15, 0.2) is 0 Å². The summed E-state index contributed by atoms with van der Waals surface area (Å²) in [5, 5.41) is 29.8. The van der Waals surface area contributed by atoms with Gasteiger partial charge in [-0.3, -0.25) is 9.58 Å². The Labute approximate surface area is 271 Å². The molecule has 8 rings (SSSR count). The van der Waals surface area contributed by atoms with Crippen molar-refractivity contribution in [2.24, 2.45) is 7.05 Å². The van der Waals surface area contributed by atoms with E-state index in [0.717, 1.165) is 47.4 Å². The van der Waals surface area contributed by atoms with E-state index < -0.39 is 11.8 Å². The summed E-state index contributed by atoms with van der Waals surface area (Å²) >= 11 is 0. The highest BCUT2D eigenvalue weighted by Gasteiger charge is 2.49. The van der Waals surface area contributed by atoms with Crippen molar-refractivity contribution in [2.75, 3.05) is 37.7 Å². The second-order valence-electron chi connectivity index (χ2n) is 14.1. The lowest BCUT2D eigenvalue weighted by atomic mass is 9.91. The van der Waals surface area contributed by atoms with Crippen LogP contribution in [0.15, 0.2) is 36.5 Å². The Hall–Kier alpha value is -4.09. The van der Waals surface area contributed by atoms with Crippen molar-refractivity contribution >= 4 is 38.4 Å². The molecule has 3 aromatic carbocycles. The molecule has 0 unspecified atom stereocenters. The van der Waals surface area contributed by atoms with Gasteiger partial charge in [0.1, 0.15) is 35.7 Å². The predicted molar refractivity (Wildman–Crippen MR) is 178 cm³/mol. The average Bonchev–Trinajstić information content (AvgIpc) is 3.69. The fraction of sp³-hybridized carbons (Fsp3) is 0.472. The molecule has 246 valence electrons. The summed E-state index contributed by atoms with van der Waals surface area (Å²) in [4.78, 5) is 14.2. The Balaban J connectivity index is 1.36. The molecule has 5 heterocycles. The summed E-state index contributed by atoms with van der Waals surface area (Å²) in [6.07, 6.45) is 5.30. The lowest BCUT2D eigenvalue weighted by Gasteiger charge is -2.38. The third kappa shape index (κ3) is 5.06. The first-order valence-corrected chi connectivity index (χ1v) is 16.7. The van der Waals surface area contributed by atoms with E-state index in [4.69, 9.17) is 19.8 Å². The molecule has 9 nitrogen and oxygen atoms in total. The fourth-order valence-corrected chi connectivity index (χ4v) is 8.49. The van der Waals surface area contributed by atoms with E-state index in [9.17, 15) is 14.6 Å². The number of rotatable bonds is 6. The minimum Gasteiger partial charge on any atom is -0.508 e. The van der Waals surface area contributed by atoms with Gasteiger partial charge in [0.05, 0.1) is 22.0 Å². The molecule has 5 aromatic rings. The first-order chi connectivity index (χ1) is 22.5. The fourth-order valence-electron chi connectivity index (χ4n) is 8.49. The van der Waals surface area contributed by atoms with Crippen LogP contribution in [0.25, 0.3) is 43.7 Å². The number of anilines is 1. The second-order valence-corrected chi connectivity index (χ2v) is 14.1. The van der Waals surface area contributed by atoms with Crippen molar-refractivity contribution in [3.8, 4) is 22.9 Å². The number of phenolic OH excluding ortho intramolecular Hbond substituents is 1. The van der Waals surface area contributed by atoms with E-state index in [1.807, 2.05) is 33.2 Å². The number of nitrogens with zero attached hydrogens (tertiary/aromatic N) is 6. The summed E-state index contributed by atoms with van der Waals surface area (Å²) in [6.45, 7) is 6.42. The Morgan fingerprint density at radius 1 is 1.06 bits per heavy atom. The van der Waals surface area contributed by atoms with Crippen LogP contribution in [0.2, 0.25) is 0 Å². The van der Waals surface area contributed by atoms with Gasteiger partial charge in [-0.2, -0.15) is 15.1 Å². The van der Waals surface area contributed by atoms with Crippen LogP contribution < -0.4 is 9.64 Å². The minimum atomic E-state index is -0.894. The lowest BCUT2D eigenvalue weighted by Crippen LogP contribution is -2.46. The van der Waals surface area contributed by atoms with Gasteiger partial charge in [-0.15, -0.1) is 0 Å². The number of piperidine rings is 1. The topological polar surface area (TPSA) is 99.8 Å². The highest BCUT2D eigenvalue weighted by Crippen LogP contribution is 2.44. The zero-order chi connectivity index (χ0) is 32.7. The van der Waals surface area contributed by atoms with E-state index in [-0.39, 0.29) is 29.7 Å². The highest BCUT2D eigenvalue weighted by molar-refractivity contribution is 6.17. The molecule has 2 N–H and O–H groups in total. The maximum atomic E-state index is 15.2. The van der Waals surface area contributed by atoms with Gasteiger partial charge >= 0.3 is 6.01 Å². The number of aromatic hydroxyl groups is 1. The van der Waals surface area contributed by atoms with E-state index in [2.05, 4.69) is 9.80 Å². The van der Waals surface area contributed by atoms with Crippen LogP contribution in [-0.4, -0.2) is 85.0 Å². The number of aryl methyl sites for hydroxylation is 2. The number of hydrogen-bond donors (Lipinski definition) is 2. The molecule has 0 aliphatic carbocycles. The van der Waals surface area contributed by atoms with Crippen LogP contribution in [-0.2, 0) is 13.5 Å². The van der Waals surface area contributed by atoms with Gasteiger partial charge in [0.25, 0.3) is 0 Å². The van der Waals surface area contributed by atoms with Gasteiger partial charge in [0, 0.05) is 50.2 Å². The summed E-state index contributed by atoms with van der Waals surface area (Å²) in [5.41, 5.74) is 1.93. The quantitative estimate of drug-likeness (QED) is 0.231. The van der Waals surface area contributed by atoms with Gasteiger partial charge in [-0.05, 0) is 91.7 Å². The monoisotopic (exact) mass is 642 g/mol. The van der Waals surface area contributed by atoms with E-state index in [0.29, 0.717) is 72.4 Å². The Kier molecular flexibility index (Phi) is 7.07. The summed E-state index contributed by atoms with van der Waals surface area (Å²) in [7, 11) is 1.85. The molecule has 3 fully saturated rings. The first kappa shape index (κ1) is 30.3. The van der Waals surface area contributed by atoms with Crippen LogP contribution in [0.5, 0.6) is 11.8 Å². The molecule has 47 heavy (non-hydrogen) atoms. The number of aliphatic hydroxyl groups is 1. The van der Waals surface area contributed by atoms with Gasteiger partial charge in [-0.1, -0.05) is 13.0 Å². The van der Waals surface area contributed by atoms with E-state index in [1.54, 1.807) is 22.9 Å². The van der Waals surface area contributed by atoms with E-state index in [1.165, 1.54) is 6.07 Å². The van der Waals surface area contributed by atoms with Crippen LogP contribution in [0.4, 0.5) is 14.6 Å². The smallest absolute Gasteiger partial charge is 0.319 e. The third-order valence-electron chi connectivity index (χ3n) is 10.5. The molecule has 0 spiro atoms. The van der Waals surface area contributed by atoms with Crippen LogP contribution in [0.3, 0.4) is 0 Å². The Bertz CT molecular complexity index is 2050. The molecule has 3 aliphatic rings. The van der Waals surface area contributed by atoms with Crippen LogP contribution in [0.1, 0.15) is 51.5 Å². The van der Waals surface area contributed by atoms with E-state index >= 15 is 4.39 Å². The highest BCUT2D eigenvalue weighted by atomic mass is 19.1. The minimum absolute atomic E-state index is 0.0661. The molecule has 3 aliphatic heterocycles. The number of alkyl halides is 1. The lowest BCUT2D eigenvalue weighted by molar-refractivity contribution is 0.0447. The Morgan fingerprint density at radius 3 is 2.70 bits per heavy atom. The van der Waals surface area contributed by atoms with Gasteiger partial charge in [0.2, 0.25) is 0 Å². The molecule has 11 heteroatoms. The number of aromatic nitrogens is 4. The zero-order valence-corrected chi connectivity index (χ0v) is 27.1. The van der Waals surface area contributed by atoms with Crippen molar-refractivity contribution in [1.29, 1.82) is 0 Å².